The largest absolute Gasteiger partial charge is 0.454 e. The van der Waals surface area contributed by atoms with Gasteiger partial charge in [0, 0.05) is 32.9 Å². The van der Waals surface area contributed by atoms with Gasteiger partial charge in [0.1, 0.15) is 5.58 Å². The first-order chi connectivity index (χ1) is 31.8. The van der Waals surface area contributed by atoms with Crippen LogP contribution in [0.3, 0.4) is 0 Å². The van der Waals surface area contributed by atoms with Crippen LogP contribution in [0.25, 0.3) is 60.6 Å². The molecule has 0 N–H and O–H groups in total. The highest BCUT2D eigenvalue weighted by molar-refractivity contribution is 7.19. The molecule has 0 aliphatic rings. The zero-order valence-electron chi connectivity index (χ0n) is 35.1. The molecule has 12 aromatic rings. The van der Waals surface area contributed by atoms with Crippen LogP contribution in [-0.4, -0.2) is 12.6 Å². The number of anilines is 3. The van der Waals surface area contributed by atoms with E-state index in [-0.39, 0.29) is 0 Å². The van der Waals surface area contributed by atoms with Gasteiger partial charge in [0.05, 0.1) is 22.4 Å². The Labute approximate surface area is 373 Å². The van der Waals surface area contributed by atoms with E-state index in [1.807, 2.05) is 6.07 Å². The van der Waals surface area contributed by atoms with Crippen molar-refractivity contribution in [1.29, 1.82) is 0 Å². The van der Waals surface area contributed by atoms with E-state index in [1.165, 1.54) is 37.1 Å². The predicted octanol–water partition coefficient (Wildman–Crippen LogP) is 13.2. The van der Waals surface area contributed by atoms with Crippen LogP contribution >= 0.6 is 0 Å². The fourth-order valence-electron chi connectivity index (χ4n) is 10.1. The van der Waals surface area contributed by atoms with E-state index in [4.69, 9.17) is 4.42 Å². The number of rotatable bonds is 9. The van der Waals surface area contributed by atoms with Gasteiger partial charge >= 0.3 is 0 Å². The third kappa shape index (κ3) is 6.03. The molecule has 0 radical (unpaired) electrons. The molecule has 0 spiro atoms. The SMILES string of the molecule is c1ccc(-n2c3ccccc3c3c(N(c4ccc(-c5ccc([Si](c6ccccc6)(c6ccccc6)c6ccccc6)cc5)cc4)c4cccc5c4oc4ccccc45)cccc32)cc1. The summed E-state index contributed by atoms with van der Waals surface area (Å²) in [5.74, 6) is 0. The van der Waals surface area contributed by atoms with Crippen molar-refractivity contribution in [3.63, 3.8) is 0 Å². The number of hydrogen-bond donors (Lipinski definition) is 0. The van der Waals surface area contributed by atoms with Crippen molar-refractivity contribution >= 4 is 89.6 Å². The highest BCUT2D eigenvalue weighted by Crippen LogP contribution is 2.47. The highest BCUT2D eigenvalue weighted by Gasteiger charge is 2.41. The molecule has 0 bridgehead atoms. The Hall–Kier alpha value is -8.18. The minimum absolute atomic E-state index is 0.857. The first kappa shape index (κ1) is 37.6. The van der Waals surface area contributed by atoms with Crippen LogP contribution in [0.4, 0.5) is 17.1 Å². The van der Waals surface area contributed by atoms with Gasteiger partial charge in [0.15, 0.2) is 13.7 Å². The Morgan fingerprint density at radius 3 is 1.45 bits per heavy atom. The van der Waals surface area contributed by atoms with Crippen LogP contribution in [0.15, 0.2) is 259 Å². The molecule has 0 fully saturated rings. The summed E-state index contributed by atoms with van der Waals surface area (Å²) in [5, 5.41) is 10.0. The maximum Gasteiger partial charge on any atom is 0.179 e. The molecule has 0 atom stereocenters. The smallest absolute Gasteiger partial charge is 0.179 e. The maximum atomic E-state index is 6.77. The summed E-state index contributed by atoms with van der Waals surface area (Å²) >= 11 is 0. The molecule has 2 heterocycles. The third-order valence-electron chi connectivity index (χ3n) is 13.0. The summed E-state index contributed by atoms with van der Waals surface area (Å²) in [6.07, 6.45) is 0. The molecule has 0 saturated heterocycles. The summed E-state index contributed by atoms with van der Waals surface area (Å²) < 4.78 is 9.15. The predicted molar refractivity (Wildman–Crippen MR) is 272 cm³/mol. The summed E-state index contributed by atoms with van der Waals surface area (Å²) in [6, 6.07) is 92.7. The quantitative estimate of drug-likeness (QED) is 0.107. The lowest BCUT2D eigenvalue weighted by Gasteiger charge is -2.34. The van der Waals surface area contributed by atoms with Crippen LogP contribution in [0.2, 0.25) is 0 Å². The number of para-hydroxylation sites is 4. The summed E-state index contributed by atoms with van der Waals surface area (Å²) in [5.41, 5.74) is 10.6. The van der Waals surface area contributed by atoms with Gasteiger partial charge in [0.25, 0.3) is 0 Å². The van der Waals surface area contributed by atoms with Crippen LogP contribution in [0.5, 0.6) is 0 Å². The lowest BCUT2D eigenvalue weighted by Crippen LogP contribution is -2.74. The molecule has 0 unspecified atom stereocenters. The van der Waals surface area contributed by atoms with Crippen molar-refractivity contribution in [1.82, 2.24) is 4.57 Å². The molecule has 12 rings (SSSR count). The molecular weight excluding hydrogens is 793 g/mol. The van der Waals surface area contributed by atoms with Gasteiger partial charge in [-0.2, -0.15) is 0 Å². The van der Waals surface area contributed by atoms with Crippen molar-refractivity contribution in [2.75, 3.05) is 4.90 Å². The van der Waals surface area contributed by atoms with Gasteiger partial charge in [-0.15, -0.1) is 0 Å². The second-order valence-electron chi connectivity index (χ2n) is 16.4. The topological polar surface area (TPSA) is 21.3 Å². The molecule has 2 aromatic heterocycles. The molecular formula is C60H42N2OSi. The highest BCUT2D eigenvalue weighted by atomic mass is 28.3. The molecule has 10 aromatic carbocycles. The van der Waals surface area contributed by atoms with Gasteiger partial charge < -0.3 is 13.9 Å². The first-order valence-electron chi connectivity index (χ1n) is 21.9. The fraction of sp³-hybridized carbons (Fsp3) is 0. The van der Waals surface area contributed by atoms with Gasteiger partial charge in [0.2, 0.25) is 0 Å². The van der Waals surface area contributed by atoms with E-state index in [1.54, 1.807) is 0 Å². The number of nitrogens with zero attached hydrogens (tertiary/aromatic N) is 2. The van der Waals surface area contributed by atoms with Crippen LogP contribution in [0, 0.1) is 0 Å². The van der Waals surface area contributed by atoms with Crippen LogP contribution in [0.1, 0.15) is 0 Å². The summed E-state index contributed by atoms with van der Waals surface area (Å²) in [4.78, 5) is 2.39. The number of furan rings is 1. The van der Waals surface area contributed by atoms with Crippen molar-refractivity contribution in [3.05, 3.63) is 255 Å². The number of benzene rings is 10. The minimum Gasteiger partial charge on any atom is -0.454 e. The molecule has 3 nitrogen and oxygen atoms in total. The van der Waals surface area contributed by atoms with Crippen molar-refractivity contribution < 1.29 is 4.42 Å². The average molecular weight is 835 g/mol. The summed E-state index contributed by atoms with van der Waals surface area (Å²) in [6.45, 7) is 0. The lowest BCUT2D eigenvalue weighted by molar-refractivity contribution is 0.669. The summed E-state index contributed by atoms with van der Waals surface area (Å²) in [7, 11) is -2.64. The second kappa shape index (κ2) is 15.6. The van der Waals surface area contributed by atoms with Gasteiger partial charge in [-0.25, -0.2) is 0 Å². The first-order valence-corrected chi connectivity index (χ1v) is 23.9. The van der Waals surface area contributed by atoms with Gasteiger partial charge in [-0.3, -0.25) is 0 Å². The Bertz CT molecular complexity index is 3490. The average Bonchev–Trinajstić information content (AvgIpc) is 3.93. The van der Waals surface area contributed by atoms with E-state index in [0.717, 1.165) is 61.3 Å². The molecule has 0 amide bonds. The third-order valence-corrected chi connectivity index (χ3v) is 17.7. The standard InChI is InChI=1S/C60H42N2OSi/c1-5-19-45(20-6-1)61-54-30-15-13-28-53(54)59-55(61)31-18-32-56(59)62(57-33-17-29-52-51-27-14-16-34-58(51)63-60(52)57)46-39-35-43(36-40-46)44-37-41-50(42-38-44)64(47-21-7-2-8-22-47,48-23-9-3-10-24-48)49-25-11-4-12-26-49/h1-42H. The van der Waals surface area contributed by atoms with Crippen molar-refractivity contribution in [2.24, 2.45) is 0 Å². The van der Waals surface area contributed by atoms with Crippen LogP contribution < -0.4 is 25.6 Å². The number of hydrogen-bond acceptors (Lipinski definition) is 2. The minimum atomic E-state index is -2.64. The van der Waals surface area contributed by atoms with E-state index in [2.05, 4.69) is 258 Å². The van der Waals surface area contributed by atoms with E-state index in [0.29, 0.717) is 0 Å². The van der Waals surface area contributed by atoms with E-state index < -0.39 is 8.07 Å². The van der Waals surface area contributed by atoms with Crippen molar-refractivity contribution in [3.8, 4) is 16.8 Å². The van der Waals surface area contributed by atoms with Crippen molar-refractivity contribution in [2.45, 2.75) is 0 Å². The maximum absolute atomic E-state index is 6.77. The monoisotopic (exact) mass is 834 g/mol. The Balaban J connectivity index is 1.02. The normalized spacial score (nSPS) is 11.8. The fourth-order valence-corrected chi connectivity index (χ4v) is 14.9. The second-order valence-corrected chi connectivity index (χ2v) is 20.2. The zero-order valence-corrected chi connectivity index (χ0v) is 36.1. The van der Waals surface area contributed by atoms with E-state index in [9.17, 15) is 0 Å². The molecule has 64 heavy (non-hydrogen) atoms. The Kier molecular flexibility index (Phi) is 9.17. The Morgan fingerprint density at radius 1 is 0.344 bits per heavy atom. The number of aromatic nitrogens is 1. The van der Waals surface area contributed by atoms with Crippen LogP contribution in [-0.2, 0) is 0 Å². The Morgan fingerprint density at radius 2 is 0.812 bits per heavy atom. The number of fused-ring (bicyclic) bond motifs is 6. The molecule has 0 saturated carbocycles. The zero-order chi connectivity index (χ0) is 42.5. The molecule has 0 aliphatic carbocycles. The molecule has 302 valence electrons. The molecule has 0 aliphatic heterocycles. The lowest BCUT2D eigenvalue weighted by atomic mass is 10.0. The van der Waals surface area contributed by atoms with Gasteiger partial charge in [-0.1, -0.05) is 200 Å². The van der Waals surface area contributed by atoms with E-state index >= 15 is 0 Å². The van der Waals surface area contributed by atoms with Gasteiger partial charge in [-0.05, 0) is 86.5 Å². The molecule has 4 heteroatoms.